The van der Waals surface area contributed by atoms with Crippen LogP contribution in [0.1, 0.15) is 30.6 Å². The van der Waals surface area contributed by atoms with Gasteiger partial charge in [-0.05, 0) is 69.8 Å². The molecule has 8 heteroatoms. The van der Waals surface area contributed by atoms with Gasteiger partial charge in [0.1, 0.15) is 5.75 Å². The Bertz CT molecular complexity index is 987. The highest BCUT2D eigenvalue weighted by Gasteiger charge is 2.18. The smallest absolute Gasteiger partial charge is 0.241 e. The highest BCUT2D eigenvalue weighted by Crippen LogP contribution is 2.17. The number of hydrogen-bond acceptors (Lipinski definition) is 6. The van der Waals surface area contributed by atoms with Crippen LogP contribution in [0.3, 0.4) is 0 Å². The number of rotatable bonds is 10. The van der Waals surface area contributed by atoms with Crippen LogP contribution in [-0.2, 0) is 14.6 Å². The van der Waals surface area contributed by atoms with Crippen LogP contribution in [0.5, 0.6) is 5.75 Å². The Kier molecular flexibility index (Phi) is 8.14. The van der Waals surface area contributed by atoms with Crippen LogP contribution >= 0.6 is 0 Å². The first kappa shape index (κ1) is 23.6. The molecule has 1 unspecified atom stereocenters. The molecule has 162 valence electrons. The molecule has 30 heavy (non-hydrogen) atoms. The van der Waals surface area contributed by atoms with Crippen molar-refractivity contribution in [2.24, 2.45) is 0 Å². The quantitative estimate of drug-likeness (QED) is 0.458. The van der Waals surface area contributed by atoms with Crippen LogP contribution in [0.15, 0.2) is 53.4 Å². The van der Waals surface area contributed by atoms with Crippen LogP contribution in [0, 0.1) is 0 Å². The van der Waals surface area contributed by atoms with Gasteiger partial charge in [0.05, 0.1) is 17.5 Å². The lowest BCUT2D eigenvalue weighted by Crippen LogP contribution is -2.40. The summed E-state index contributed by atoms with van der Waals surface area (Å²) in [5.74, 6) is 0.335. The minimum absolute atomic E-state index is 0.0220. The zero-order valence-corrected chi connectivity index (χ0v) is 18.5. The maximum Gasteiger partial charge on any atom is 0.241 e. The summed E-state index contributed by atoms with van der Waals surface area (Å²) in [6, 6.07) is 12.8. The maximum atomic E-state index is 12.5. The van der Waals surface area contributed by atoms with Crippen molar-refractivity contribution in [1.29, 1.82) is 0 Å². The number of carbonyl (C=O) groups excluding carboxylic acids is 2. The van der Waals surface area contributed by atoms with Gasteiger partial charge < -0.3 is 10.1 Å². The van der Waals surface area contributed by atoms with Crippen molar-refractivity contribution < 1.29 is 22.7 Å². The third-order valence-corrected chi connectivity index (χ3v) is 5.87. The molecule has 0 aliphatic carbocycles. The molecular weight excluding hydrogens is 404 g/mol. The van der Waals surface area contributed by atoms with Gasteiger partial charge >= 0.3 is 0 Å². The molecule has 0 saturated heterocycles. The van der Waals surface area contributed by atoms with Crippen molar-refractivity contribution in [2.75, 3.05) is 31.8 Å². The highest BCUT2D eigenvalue weighted by atomic mass is 32.2. The van der Waals surface area contributed by atoms with Gasteiger partial charge in [0.25, 0.3) is 0 Å². The SMILES string of the molecule is CC(=O)c1ccc(NC(=O)C(C)N(C)CCCOc2cccc(S(C)(=O)=O)c2)cc1. The minimum atomic E-state index is -3.27. The molecule has 1 N–H and O–H groups in total. The van der Waals surface area contributed by atoms with E-state index >= 15 is 0 Å². The Hall–Kier alpha value is -2.71. The highest BCUT2D eigenvalue weighted by molar-refractivity contribution is 7.90. The molecule has 0 saturated carbocycles. The molecule has 0 aliphatic heterocycles. The molecule has 2 aromatic rings. The second-order valence-corrected chi connectivity index (χ2v) is 9.24. The van der Waals surface area contributed by atoms with Crippen LogP contribution < -0.4 is 10.1 Å². The number of ketones is 1. The number of anilines is 1. The van der Waals surface area contributed by atoms with E-state index in [1.807, 2.05) is 18.9 Å². The van der Waals surface area contributed by atoms with E-state index < -0.39 is 9.84 Å². The molecule has 0 aliphatic rings. The molecule has 2 aromatic carbocycles. The summed E-state index contributed by atoms with van der Waals surface area (Å²) < 4.78 is 28.9. The molecule has 0 aromatic heterocycles. The third-order valence-electron chi connectivity index (χ3n) is 4.76. The summed E-state index contributed by atoms with van der Waals surface area (Å²) in [5.41, 5.74) is 1.24. The Morgan fingerprint density at radius 2 is 1.80 bits per heavy atom. The lowest BCUT2D eigenvalue weighted by atomic mass is 10.1. The first-order valence-electron chi connectivity index (χ1n) is 9.63. The van der Waals surface area contributed by atoms with Crippen molar-refractivity contribution in [3.05, 3.63) is 54.1 Å². The van der Waals surface area contributed by atoms with Gasteiger partial charge in [0, 0.05) is 24.1 Å². The van der Waals surface area contributed by atoms with E-state index in [0.717, 1.165) is 6.26 Å². The summed E-state index contributed by atoms with van der Waals surface area (Å²) in [6.07, 6.45) is 1.83. The number of Topliss-reactive ketones (excluding diaryl/α,β-unsaturated/α-hetero) is 1. The van der Waals surface area contributed by atoms with E-state index in [0.29, 0.717) is 36.6 Å². The van der Waals surface area contributed by atoms with E-state index in [9.17, 15) is 18.0 Å². The number of hydrogen-bond donors (Lipinski definition) is 1. The predicted octanol–water partition coefficient (Wildman–Crippen LogP) is 3.02. The molecule has 0 heterocycles. The van der Waals surface area contributed by atoms with Crippen molar-refractivity contribution in [1.82, 2.24) is 4.90 Å². The number of benzene rings is 2. The number of sulfone groups is 1. The van der Waals surface area contributed by atoms with E-state index in [1.54, 1.807) is 36.4 Å². The molecule has 2 rings (SSSR count). The van der Waals surface area contributed by atoms with E-state index in [1.165, 1.54) is 19.1 Å². The number of nitrogens with one attached hydrogen (secondary N) is 1. The van der Waals surface area contributed by atoms with Crippen molar-refractivity contribution in [3.63, 3.8) is 0 Å². The third kappa shape index (κ3) is 6.96. The molecule has 7 nitrogen and oxygen atoms in total. The number of amides is 1. The Balaban J connectivity index is 1.79. The summed E-state index contributed by atoms with van der Waals surface area (Å²) in [5, 5.41) is 2.85. The molecule has 1 atom stereocenters. The number of likely N-dealkylation sites (N-methyl/N-ethyl adjacent to an activating group) is 1. The zero-order chi connectivity index (χ0) is 22.3. The van der Waals surface area contributed by atoms with Gasteiger partial charge in [-0.25, -0.2) is 8.42 Å². The molecule has 0 bridgehead atoms. The molecule has 0 radical (unpaired) electrons. The monoisotopic (exact) mass is 432 g/mol. The molecule has 0 spiro atoms. The van der Waals surface area contributed by atoms with Crippen molar-refractivity contribution in [2.45, 2.75) is 31.2 Å². The van der Waals surface area contributed by atoms with Gasteiger partial charge in [-0.3, -0.25) is 14.5 Å². The van der Waals surface area contributed by atoms with E-state index in [4.69, 9.17) is 4.74 Å². The fraction of sp³-hybridized carbons (Fsp3) is 0.364. The molecular formula is C22H28N2O5S. The zero-order valence-electron chi connectivity index (χ0n) is 17.7. The first-order chi connectivity index (χ1) is 14.1. The largest absolute Gasteiger partial charge is 0.494 e. The lowest BCUT2D eigenvalue weighted by Gasteiger charge is -2.24. The average molecular weight is 433 g/mol. The maximum absolute atomic E-state index is 12.5. The topological polar surface area (TPSA) is 92.8 Å². The Morgan fingerprint density at radius 3 is 2.40 bits per heavy atom. The fourth-order valence-electron chi connectivity index (χ4n) is 2.73. The average Bonchev–Trinajstić information content (AvgIpc) is 2.70. The van der Waals surface area contributed by atoms with Crippen molar-refractivity contribution in [3.8, 4) is 5.75 Å². The van der Waals surface area contributed by atoms with Gasteiger partial charge in [0.2, 0.25) is 5.91 Å². The van der Waals surface area contributed by atoms with E-state index in [-0.39, 0.29) is 22.6 Å². The molecule has 0 fully saturated rings. The summed E-state index contributed by atoms with van der Waals surface area (Å²) in [4.78, 5) is 25.9. The van der Waals surface area contributed by atoms with Crippen LogP contribution in [-0.4, -0.2) is 57.5 Å². The van der Waals surface area contributed by atoms with E-state index in [2.05, 4.69) is 5.32 Å². The van der Waals surface area contributed by atoms with Crippen LogP contribution in [0.25, 0.3) is 0 Å². The Labute approximate surface area is 178 Å². The van der Waals surface area contributed by atoms with Crippen LogP contribution in [0.2, 0.25) is 0 Å². The van der Waals surface area contributed by atoms with Crippen LogP contribution in [0.4, 0.5) is 5.69 Å². The number of ether oxygens (including phenoxy) is 1. The number of carbonyl (C=O) groups is 2. The van der Waals surface area contributed by atoms with Gasteiger partial charge in [-0.2, -0.15) is 0 Å². The second kappa shape index (κ2) is 10.4. The predicted molar refractivity (Wildman–Crippen MR) is 117 cm³/mol. The minimum Gasteiger partial charge on any atom is -0.494 e. The van der Waals surface area contributed by atoms with Gasteiger partial charge in [-0.1, -0.05) is 6.07 Å². The second-order valence-electron chi connectivity index (χ2n) is 7.23. The normalized spacial score (nSPS) is 12.4. The lowest BCUT2D eigenvalue weighted by molar-refractivity contribution is -0.120. The summed E-state index contributed by atoms with van der Waals surface area (Å²) in [6.45, 7) is 4.34. The van der Waals surface area contributed by atoms with Gasteiger partial charge in [0.15, 0.2) is 15.6 Å². The summed E-state index contributed by atoms with van der Waals surface area (Å²) in [7, 11) is -1.42. The standard InChI is InChI=1S/C22H28N2O5S/c1-16(22(26)23-19-11-9-18(10-12-19)17(2)25)24(3)13-6-14-29-20-7-5-8-21(15-20)30(4,27)28/h5,7-12,15-16H,6,13-14H2,1-4H3,(H,23,26). The summed E-state index contributed by atoms with van der Waals surface area (Å²) >= 11 is 0. The fourth-order valence-corrected chi connectivity index (χ4v) is 3.38. The first-order valence-corrected chi connectivity index (χ1v) is 11.5. The van der Waals surface area contributed by atoms with Gasteiger partial charge in [-0.15, -0.1) is 0 Å². The van der Waals surface area contributed by atoms with Crippen molar-refractivity contribution >= 4 is 27.2 Å². The molecule has 1 amide bonds. The number of nitrogens with zero attached hydrogens (tertiary/aromatic N) is 1. The Morgan fingerprint density at radius 1 is 1.13 bits per heavy atom.